The van der Waals surface area contributed by atoms with Gasteiger partial charge in [-0.05, 0) is 19.8 Å². The second-order valence-electron chi connectivity index (χ2n) is 6.00. The Balaban J connectivity index is 1.62. The molecule has 3 rings (SSSR count). The molecule has 0 spiro atoms. The summed E-state index contributed by atoms with van der Waals surface area (Å²) in [5.41, 5.74) is 0.597. The normalized spacial score (nSPS) is 20.0. The summed E-state index contributed by atoms with van der Waals surface area (Å²) in [7, 11) is 0. The number of aromatic nitrogens is 2. The number of piperazine rings is 1. The molecule has 0 aromatic carbocycles. The number of hydrogen-bond donors (Lipinski definition) is 1. The smallest absolute Gasteiger partial charge is 0.252 e. The van der Waals surface area contributed by atoms with E-state index in [0.717, 1.165) is 31.6 Å². The fraction of sp³-hybridized carbons (Fsp3) is 0.667. The van der Waals surface area contributed by atoms with Crippen molar-refractivity contribution in [1.29, 1.82) is 0 Å². The van der Waals surface area contributed by atoms with Crippen molar-refractivity contribution in [3.05, 3.63) is 22.1 Å². The van der Waals surface area contributed by atoms with Crippen molar-refractivity contribution in [2.45, 2.75) is 32.6 Å². The van der Waals surface area contributed by atoms with Gasteiger partial charge in [-0.3, -0.25) is 14.6 Å². The van der Waals surface area contributed by atoms with Crippen LogP contribution >= 0.6 is 0 Å². The summed E-state index contributed by atoms with van der Waals surface area (Å²) in [5.74, 6) is 1.18. The second kappa shape index (κ2) is 5.87. The van der Waals surface area contributed by atoms with Crippen molar-refractivity contribution in [1.82, 2.24) is 14.9 Å². The number of hydrogen-bond acceptors (Lipinski definition) is 4. The van der Waals surface area contributed by atoms with E-state index in [9.17, 15) is 9.59 Å². The summed E-state index contributed by atoms with van der Waals surface area (Å²) >= 11 is 0. The summed E-state index contributed by atoms with van der Waals surface area (Å²) in [6.45, 7) is 4.70. The zero-order valence-corrected chi connectivity index (χ0v) is 12.5. The molecule has 6 nitrogen and oxygen atoms in total. The molecule has 114 valence electrons. The molecular formula is C15H22N4O2. The number of nitrogens with one attached hydrogen (secondary N) is 1. The molecule has 21 heavy (non-hydrogen) atoms. The first-order valence-corrected chi connectivity index (χ1v) is 7.75. The Hall–Kier alpha value is -1.85. The summed E-state index contributed by atoms with van der Waals surface area (Å²) in [5, 5.41) is 0. The predicted molar refractivity (Wildman–Crippen MR) is 80.3 cm³/mol. The minimum atomic E-state index is -0.123. The van der Waals surface area contributed by atoms with Crippen LogP contribution in [0.3, 0.4) is 0 Å². The highest BCUT2D eigenvalue weighted by atomic mass is 16.2. The summed E-state index contributed by atoms with van der Waals surface area (Å²) < 4.78 is 0. The Morgan fingerprint density at radius 1 is 1.24 bits per heavy atom. The van der Waals surface area contributed by atoms with Gasteiger partial charge < -0.3 is 9.80 Å². The molecule has 2 aliphatic rings. The van der Waals surface area contributed by atoms with Crippen LogP contribution in [0, 0.1) is 12.8 Å². The van der Waals surface area contributed by atoms with Crippen LogP contribution in [-0.4, -0.2) is 47.0 Å². The molecule has 0 unspecified atom stereocenters. The van der Waals surface area contributed by atoms with E-state index in [-0.39, 0.29) is 11.5 Å². The summed E-state index contributed by atoms with van der Waals surface area (Å²) in [4.78, 5) is 35.1. The lowest BCUT2D eigenvalue weighted by atomic mass is 10.1. The van der Waals surface area contributed by atoms with Gasteiger partial charge in [0.15, 0.2) is 0 Å². The lowest BCUT2D eigenvalue weighted by Gasteiger charge is -2.36. The van der Waals surface area contributed by atoms with Crippen LogP contribution in [0.4, 0.5) is 5.95 Å². The van der Waals surface area contributed by atoms with Gasteiger partial charge in [0.25, 0.3) is 5.56 Å². The Bertz CT molecular complexity index is 569. The number of carbonyl (C=O) groups excluding carboxylic acids is 1. The van der Waals surface area contributed by atoms with Crippen molar-refractivity contribution in [2.75, 3.05) is 31.1 Å². The highest BCUT2D eigenvalue weighted by Gasteiger charge is 2.29. The number of rotatable bonds is 2. The van der Waals surface area contributed by atoms with E-state index in [0.29, 0.717) is 24.9 Å². The standard InChI is InChI=1S/C15H22N4O2/c1-11-10-13(20)17-15(16-11)19-8-6-18(7-9-19)14(21)12-4-2-3-5-12/h10,12H,2-9H2,1H3,(H,16,17,20). The Morgan fingerprint density at radius 3 is 2.52 bits per heavy atom. The number of H-pyrrole nitrogens is 1. The quantitative estimate of drug-likeness (QED) is 0.879. The van der Waals surface area contributed by atoms with Crippen LogP contribution in [0.25, 0.3) is 0 Å². The van der Waals surface area contributed by atoms with Crippen LogP contribution in [-0.2, 0) is 4.79 Å². The average molecular weight is 290 g/mol. The number of carbonyl (C=O) groups is 1. The lowest BCUT2D eigenvalue weighted by Crippen LogP contribution is -2.50. The lowest BCUT2D eigenvalue weighted by molar-refractivity contribution is -0.135. The molecule has 1 amide bonds. The second-order valence-corrected chi connectivity index (χ2v) is 6.00. The average Bonchev–Trinajstić information content (AvgIpc) is 3.00. The minimum absolute atomic E-state index is 0.123. The van der Waals surface area contributed by atoms with Gasteiger partial charge in [0, 0.05) is 43.9 Å². The van der Waals surface area contributed by atoms with Crippen molar-refractivity contribution in [2.24, 2.45) is 5.92 Å². The van der Waals surface area contributed by atoms with Crippen LogP contribution in [0.5, 0.6) is 0 Å². The maximum atomic E-state index is 12.4. The Morgan fingerprint density at radius 2 is 1.90 bits per heavy atom. The maximum Gasteiger partial charge on any atom is 0.252 e. The third-order valence-electron chi connectivity index (χ3n) is 4.45. The molecule has 0 bridgehead atoms. The van der Waals surface area contributed by atoms with Crippen LogP contribution < -0.4 is 10.5 Å². The highest BCUT2D eigenvalue weighted by Crippen LogP contribution is 2.27. The molecule has 1 aromatic heterocycles. The zero-order chi connectivity index (χ0) is 14.8. The fourth-order valence-corrected chi connectivity index (χ4v) is 3.28. The highest BCUT2D eigenvalue weighted by molar-refractivity contribution is 5.79. The van der Waals surface area contributed by atoms with Crippen molar-refractivity contribution >= 4 is 11.9 Å². The summed E-state index contributed by atoms with van der Waals surface area (Å²) in [6, 6.07) is 1.49. The van der Waals surface area contributed by atoms with Crippen LogP contribution in [0.2, 0.25) is 0 Å². The van der Waals surface area contributed by atoms with E-state index >= 15 is 0 Å². The minimum Gasteiger partial charge on any atom is -0.339 e. The molecule has 1 aliphatic heterocycles. The number of anilines is 1. The topological polar surface area (TPSA) is 69.3 Å². The Kier molecular flexibility index (Phi) is 3.94. The molecule has 0 atom stereocenters. The van der Waals surface area contributed by atoms with E-state index in [4.69, 9.17) is 0 Å². The molecule has 1 aliphatic carbocycles. The molecule has 0 radical (unpaired) electrons. The van der Waals surface area contributed by atoms with Crippen molar-refractivity contribution in [3.8, 4) is 0 Å². The molecular weight excluding hydrogens is 268 g/mol. The van der Waals surface area contributed by atoms with Gasteiger partial charge in [0.05, 0.1) is 0 Å². The number of nitrogens with zero attached hydrogens (tertiary/aromatic N) is 3. The molecule has 2 fully saturated rings. The van der Waals surface area contributed by atoms with Gasteiger partial charge in [0.2, 0.25) is 11.9 Å². The number of aromatic amines is 1. The maximum absolute atomic E-state index is 12.4. The van der Waals surface area contributed by atoms with E-state index in [1.165, 1.54) is 18.9 Å². The molecule has 1 saturated carbocycles. The number of amides is 1. The van der Waals surface area contributed by atoms with Crippen LogP contribution in [0.15, 0.2) is 10.9 Å². The molecule has 1 saturated heterocycles. The van der Waals surface area contributed by atoms with E-state index in [2.05, 4.69) is 9.97 Å². The fourth-order valence-electron chi connectivity index (χ4n) is 3.28. The van der Waals surface area contributed by atoms with E-state index < -0.39 is 0 Å². The molecule has 6 heteroatoms. The number of aryl methyl sites for hydroxylation is 1. The first kappa shape index (κ1) is 14.1. The first-order chi connectivity index (χ1) is 10.1. The molecule has 1 aromatic rings. The van der Waals surface area contributed by atoms with Gasteiger partial charge in [-0.2, -0.15) is 0 Å². The van der Waals surface area contributed by atoms with Gasteiger partial charge in [-0.1, -0.05) is 12.8 Å². The van der Waals surface area contributed by atoms with Gasteiger partial charge in [-0.15, -0.1) is 0 Å². The Labute approximate surface area is 124 Å². The molecule has 2 heterocycles. The summed E-state index contributed by atoms with van der Waals surface area (Å²) in [6.07, 6.45) is 4.47. The monoisotopic (exact) mass is 290 g/mol. The third kappa shape index (κ3) is 3.09. The van der Waals surface area contributed by atoms with Gasteiger partial charge in [0.1, 0.15) is 0 Å². The first-order valence-electron chi connectivity index (χ1n) is 7.75. The SMILES string of the molecule is Cc1cc(=O)[nH]c(N2CCN(C(=O)C3CCCC3)CC2)n1. The van der Waals surface area contributed by atoms with Crippen molar-refractivity contribution in [3.63, 3.8) is 0 Å². The van der Waals surface area contributed by atoms with Crippen LogP contribution in [0.1, 0.15) is 31.4 Å². The predicted octanol–water partition coefficient (Wildman–Crippen LogP) is 0.917. The largest absolute Gasteiger partial charge is 0.339 e. The van der Waals surface area contributed by atoms with Crippen molar-refractivity contribution < 1.29 is 4.79 Å². The van der Waals surface area contributed by atoms with Gasteiger partial charge in [-0.25, -0.2) is 4.98 Å². The molecule has 1 N–H and O–H groups in total. The zero-order valence-electron chi connectivity index (χ0n) is 12.5. The van der Waals surface area contributed by atoms with E-state index in [1.807, 2.05) is 16.7 Å². The van der Waals surface area contributed by atoms with Gasteiger partial charge >= 0.3 is 0 Å². The third-order valence-corrected chi connectivity index (χ3v) is 4.45. The van der Waals surface area contributed by atoms with E-state index in [1.54, 1.807) is 0 Å².